The molecule has 0 spiro atoms. The molecule has 7 heteroatoms. The number of likely N-dealkylation sites (N-methyl/N-ethyl adjacent to an activating group) is 1. The summed E-state index contributed by atoms with van der Waals surface area (Å²) in [5.74, 6) is 3.58. The summed E-state index contributed by atoms with van der Waals surface area (Å²) in [4.78, 5) is 16.5. The van der Waals surface area contributed by atoms with Crippen LogP contribution in [0.5, 0.6) is 11.5 Å². The number of hydrogen-bond donors (Lipinski definition) is 2. The summed E-state index contributed by atoms with van der Waals surface area (Å²) in [6, 6.07) is 3.56. The molecule has 1 saturated heterocycles. The molecule has 2 aliphatic rings. The summed E-state index contributed by atoms with van der Waals surface area (Å²) in [5.41, 5.74) is 1.51. The number of ether oxygens (including phenoxy) is 2. The van der Waals surface area contributed by atoms with E-state index in [0.29, 0.717) is 36.6 Å². The highest BCUT2D eigenvalue weighted by molar-refractivity contribution is 5.96. The van der Waals surface area contributed by atoms with Gasteiger partial charge in [-0.1, -0.05) is 12.8 Å². The number of hydrogen-bond acceptors (Lipinski definition) is 6. The number of aliphatic hydroxyl groups excluding tert-OH is 1. The minimum Gasteiger partial charge on any atom is -0.490 e. The van der Waals surface area contributed by atoms with Crippen molar-refractivity contribution >= 4 is 11.6 Å². The molecule has 0 bridgehead atoms. The number of nitrogens with one attached hydrogen (secondary N) is 1. The summed E-state index contributed by atoms with van der Waals surface area (Å²) < 4.78 is 11.4. The van der Waals surface area contributed by atoms with Crippen LogP contribution in [0.15, 0.2) is 12.1 Å². The number of terminal acetylenes is 1. The quantitative estimate of drug-likeness (QED) is 0.648. The molecular weight excluding hydrogens is 358 g/mol. The Kier molecular flexibility index (Phi) is 7.15. The number of fused-ring (bicyclic) bond motifs is 1. The molecule has 2 aliphatic heterocycles. The molecule has 3 rings (SSSR count). The average molecular weight is 387 g/mol. The third-order valence-electron chi connectivity index (χ3n) is 5.22. The second kappa shape index (κ2) is 9.78. The molecule has 28 heavy (non-hydrogen) atoms. The molecule has 1 amide bonds. The Bertz CT molecular complexity index is 723. The van der Waals surface area contributed by atoms with E-state index < -0.39 is 6.10 Å². The zero-order chi connectivity index (χ0) is 19.9. The van der Waals surface area contributed by atoms with Crippen molar-refractivity contribution < 1.29 is 19.4 Å². The maximum Gasteiger partial charge on any atom is 0.224 e. The zero-order valence-corrected chi connectivity index (χ0v) is 16.4. The molecule has 1 aromatic carbocycles. The summed E-state index contributed by atoms with van der Waals surface area (Å²) in [6.07, 6.45) is 5.65. The van der Waals surface area contributed by atoms with Crippen molar-refractivity contribution in [3.8, 4) is 23.8 Å². The number of anilines is 1. The molecule has 1 unspecified atom stereocenters. The van der Waals surface area contributed by atoms with E-state index in [1.54, 1.807) is 6.07 Å². The van der Waals surface area contributed by atoms with Crippen molar-refractivity contribution in [1.29, 1.82) is 0 Å². The monoisotopic (exact) mass is 387 g/mol. The Balaban J connectivity index is 1.59. The number of carbonyl (C=O) groups excluding carboxylic acids is 1. The minimum atomic E-state index is -0.570. The first-order valence-electron chi connectivity index (χ1n) is 9.88. The fraction of sp³-hybridized carbons (Fsp3) is 0.571. The topological polar surface area (TPSA) is 74.3 Å². The number of β-amino-alcohol motifs (C(OH)–C–C–N with tert-alkyl or cyclic N) is 1. The van der Waals surface area contributed by atoms with Gasteiger partial charge in [0, 0.05) is 44.7 Å². The van der Waals surface area contributed by atoms with Crippen LogP contribution in [-0.2, 0) is 11.2 Å². The predicted molar refractivity (Wildman–Crippen MR) is 108 cm³/mol. The van der Waals surface area contributed by atoms with Gasteiger partial charge in [-0.25, -0.2) is 0 Å². The first kappa shape index (κ1) is 20.5. The van der Waals surface area contributed by atoms with Crippen molar-refractivity contribution in [2.45, 2.75) is 25.9 Å². The number of aliphatic hydroxyl groups is 1. The van der Waals surface area contributed by atoms with Crippen LogP contribution in [0, 0.1) is 12.3 Å². The molecule has 0 saturated carbocycles. The lowest BCUT2D eigenvalue weighted by molar-refractivity contribution is -0.116. The molecule has 2 N–H and O–H groups in total. The van der Waals surface area contributed by atoms with Gasteiger partial charge in [0.1, 0.15) is 30.8 Å². The van der Waals surface area contributed by atoms with Gasteiger partial charge in [0.25, 0.3) is 0 Å². The molecule has 152 valence electrons. The van der Waals surface area contributed by atoms with Gasteiger partial charge in [0.05, 0.1) is 5.69 Å². The van der Waals surface area contributed by atoms with Gasteiger partial charge in [-0.15, -0.1) is 6.42 Å². The second-order valence-electron chi connectivity index (χ2n) is 7.16. The molecule has 1 fully saturated rings. The molecule has 7 nitrogen and oxygen atoms in total. The number of nitrogens with zero attached hydrogens (tertiary/aromatic N) is 2. The third kappa shape index (κ3) is 5.16. The van der Waals surface area contributed by atoms with Crippen molar-refractivity contribution in [2.75, 3.05) is 57.8 Å². The lowest BCUT2D eigenvalue weighted by Gasteiger charge is -2.35. The smallest absolute Gasteiger partial charge is 0.224 e. The van der Waals surface area contributed by atoms with Crippen LogP contribution in [0.2, 0.25) is 0 Å². The van der Waals surface area contributed by atoms with E-state index in [1.165, 1.54) is 0 Å². The van der Waals surface area contributed by atoms with Crippen molar-refractivity contribution in [2.24, 2.45) is 0 Å². The highest BCUT2D eigenvalue weighted by Gasteiger charge is 2.24. The SMILES string of the molecule is C#CCOc1ccc(OCC(O)CN2CCN(CC)CC2)c2c1NC(=O)CC2. The first-order valence-corrected chi connectivity index (χ1v) is 9.88. The van der Waals surface area contributed by atoms with E-state index in [1.807, 2.05) is 6.07 Å². The Morgan fingerprint density at radius 3 is 2.61 bits per heavy atom. The van der Waals surface area contributed by atoms with E-state index in [0.717, 1.165) is 38.3 Å². The van der Waals surface area contributed by atoms with Crippen LogP contribution < -0.4 is 14.8 Å². The molecule has 1 aromatic rings. The Hall–Kier alpha value is -2.27. The minimum absolute atomic E-state index is 0.0542. The van der Waals surface area contributed by atoms with Crippen LogP contribution in [0.1, 0.15) is 18.9 Å². The average Bonchev–Trinajstić information content (AvgIpc) is 2.71. The molecule has 0 radical (unpaired) electrons. The van der Waals surface area contributed by atoms with Crippen molar-refractivity contribution in [3.05, 3.63) is 17.7 Å². The lowest BCUT2D eigenvalue weighted by Crippen LogP contribution is -2.49. The summed E-state index contributed by atoms with van der Waals surface area (Å²) >= 11 is 0. The Morgan fingerprint density at radius 1 is 1.18 bits per heavy atom. The first-order chi connectivity index (χ1) is 13.6. The summed E-state index contributed by atoms with van der Waals surface area (Å²) in [5, 5.41) is 13.3. The molecule has 0 aliphatic carbocycles. The molecule has 0 aromatic heterocycles. The van der Waals surface area contributed by atoms with Crippen LogP contribution in [0.3, 0.4) is 0 Å². The highest BCUT2D eigenvalue weighted by atomic mass is 16.5. The van der Waals surface area contributed by atoms with Gasteiger partial charge in [-0.3, -0.25) is 9.69 Å². The number of piperazine rings is 1. The van der Waals surface area contributed by atoms with Gasteiger partial charge in [0.15, 0.2) is 0 Å². The normalized spacial score (nSPS) is 18.7. The van der Waals surface area contributed by atoms with Crippen LogP contribution in [0.25, 0.3) is 0 Å². The van der Waals surface area contributed by atoms with Gasteiger partial charge >= 0.3 is 0 Å². The lowest BCUT2D eigenvalue weighted by atomic mass is 10.0. The number of benzene rings is 1. The molecular formula is C21H29N3O4. The standard InChI is InChI=1S/C21H29N3O4/c1-3-13-27-19-7-6-18(17-5-8-20(26)22-21(17)19)28-15-16(25)14-24-11-9-23(4-2)10-12-24/h1,6-7,16,25H,4-5,8-15H2,2H3,(H,22,26). The van der Waals surface area contributed by atoms with Crippen molar-refractivity contribution in [1.82, 2.24) is 9.80 Å². The molecule has 1 atom stereocenters. The van der Waals surface area contributed by atoms with Gasteiger partial charge < -0.3 is 24.8 Å². The van der Waals surface area contributed by atoms with E-state index in [9.17, 15) is 9.90 Å². The second-order valence-corrected chi connectivity index (χ2v) is 7.16. The Labute approximate surface area is 166 Å². The largest absolute Gasteiger partial charge is 0.490 e. The molecule has 2 heterocycles. The van der Waals surface area contributed by atoms with Crippen LogP contribution in [0.4, 0.5) is 5.69 Å². The van der Waals surface area contributed by atoms with E-state index >= 15 is 0 Å². The van der Waals surface area contributed by atoms with E-state index in [2.05, 4.69) is 28.0 Å². The van der Waals surface area contributed by atoms with Gasteiger partial charge in [-0.05, 0) is 25.1 Å². The maximum absolute atomic E-state index is 11.8. The third-order valence-corrected chi connectivity index (χ3v) is 5.22. The predicted octanol–water partition coefficient (Wildman–Crippen LogP) is 0.960. The van der Waals surface area contributed by atoms with Gasteiger partial charge in [0.2, 0.25) is 5.91 Å². The number of amides is 1. The summed E-state index contributed by atoms with van der Waals surface area (Å²) in [7, 11) is 0. The fourth-order valence-electron chi connectivity index (χ4n) is 3.63. The maximum atomic E-state index is 11.8. The van der Waals surface area contributed by atoms with E-state index in [4.69, 9.17) is 15.9 Å². The Morgan fingerprint density at radius 2 is 1.89 bits per heavy atom. The number of rotatable bonds is 8. The summed E-state index contributed by atoms with van der Waals surface area (Å²) in [6.45, 7) is 8.19. The van der Waals surface area contributed by atoms with Crippen LogP contribution in [-0.4, -0.2) is 79.4 Å². The van der Waals surface area contributed by atoms with Crippen molar-refractivity contribution in [3.63, 3.8) is 0 Å². The zero-order valence-electron chi connectivity index (χ0n) is 16.4. The fourth-order valence-corrected chi connectivity index (χ4v) is 3.63. The van der Waals surface area contributed by atoms with Crippen LogP contribution >= 0.6 is 0 Å². The van der Waals surface area contributed by atoms with E-state index in [-0.39, 0.29) is 19.1 Å². The highest BCUT2D eigenvalue weighted by Crippen LogP contribution is 2.38. The number of carbonyl (C=O) groups is 1. The van der Waals surface area contributed by atoms with Gasteiger partial charge in [-0.2, -0.15) is 0 Å².